The van der Waals surface area contributed by atoms with E-state index in [9.17, 15) is 8.42 Å². The minimum atomic E-state index is -3.54. The molecule has 0 saturated heterocycles. The third kappa shape index (κ3) is 4.46. The van der Waals surface area contributed by atoms with Gasteiger partial charge < -0.3 is 5.73 Å². The molecule has 7 heteroatoms. The molecule has 0 spiro atoms. The average Bonchev–Trinajstić information content (AvgIpc) is 2.30. The first-order valence-corrected chi connectivity index (χ1v) is 9.07. The molecule has 0 heterocycles. The largest absolute Gasteiger partial charge is 0.398 e. The van der Waals surface area contributed by atoms with Crippen LogP contribution < -0.4 is 10.5 Å². The summed E-state index contributed by atoms with van der Waals surface area (Å²) >= 11 is 4.94. The highest BCUT2D eigenvalue weighted by Gasteiger charge is 2.18. The average molecular weight is 353 g/mol. The molecule has 0 aromatic heterocycles. The molecule has 0 aliphatic rings. The Morgan fingerprint density at radius 3 is 2.78 bits per heavy atom. The fourth-order valence-electron chi connectivity index (χ4n) is 1.41. The van der Waals surface area contributed by atoms with Crippen LogP contribution in [0, 0.1) is 5.92 Å². The maximum atomic E-state index is 12.1. The van der Waals surface area contributed by atoms with Crippen molar-refractivity contribution in [2.24, 2.45) is 5.92 Å². The van der Waals surface area contributed by atoms with Crippen LogP contribution in [0.2, 0.25) is 0 Å². The molecular weight excluding hydrogens is 336 g/mol. The van der Waals surface area contributed by atoms with Gasteiger partial charge in [0.1, 0.15) is 4.90 Å². The maximum absolute atomic E-state index is 12.1. The molecule has 0 radical (unpaired) electrons. The number of nitrogens with one attached hydrogen (secondary N) is 1. The molecule has 1 aromatic carbocycles. The second-order valence-corrected chi connectivity index (χ2v) is 7.66. The molecule has 18 heavy (non-hydrogen) atoms. The van der Waals surface area contributed by atoms with Crippen LogP contribution >= 0.6 is 27.7 Å². The van der Waals surface area contributed by atoms with Crippen molar-refractivity contribution < 1.29 is 8.42 Å². The smallest absolute Gasteiger partial charge is 0.242 e. The number of hydrogen-bond acceptors (Lipinski definition) is 4. The first-order chi connectivity index (χ1) is 8.36. The number of halogens is 1. The zero-order chi connectivity index (χ0) is 13.8. The van der Waals surface area contributed by atoms with Crippen LogP contribution in [-0.4, -0.2) is 27.0 Å². The molecule has 1 aromatic rings. The van der Waals surface area contributed by atoms with Gasteiger partial charge in [-0.3, -0.25) is 0 Å². The fourth-order valence-corrected chi connectivity index (χ4v) is 3.93. The Morgan fingerprint density at radius 1 is 1.50 bits per heavy atom. The van der Waals surface area contributed by atoms with Gasteiger partial charge in [-0.2, -0.15) is 11.8 Å². The highest BCUT2D eigenvalue weighted by molar-refractivity contribution is 9.10. The third-order valence-corrected chi connectivity index (χ3v) is 5.21. The Bertz CT molecular complexity index is 506. The topological polar surface area (TPSA) is 72.2 Å². The molecule has 1 atom stereocenters. The SMILES string of the molecule is CSCC(C)CNS(=O)(=O)c1cc(Br)ccc1N. The number of nitrogen functional groups attached to an aromatic ring is 1. The number of anilines is 1. The summed E-state index contributed by atoms with van der Waals surface area (Å²) in [4.78, 5) is 0.119. The Morgan fingerprint density at radius 2 is 2.17 bits per heavy atom. The van der Waals surface area contributed by atoms with E-state index in [1.54, 1.807) is 23.9 Å². The van der Waals surface area contributed by atoms with E-state index in [0.29, 0.717) is 11.0 Å². The van der Waals surface area contributed by atoms with E-state index in [1.165, 1.54) is 6.07 Å². The van der Waals surface area contributed by atoms with E-state index >= 15 is 0 Å². The molecule has 0 aliphatic heterocycles. The molecule has 0 saturated carbocycles. The van der Waals surface area contributed by atoms with E-state index < -0.39 is 10.0 Å². The van der Waals surface area contributed by atoms with Crippen molar-refractivity contribution in [3.8, 4) is 0 Å². The van der Waals surface area contributed by atoms with E-state index in [1.807, 2.05) is 13.2 Å². The third-order valence-electron chi connectivity index (χ3n) is 2.34. The van der Waals surface area contributed by atoms with Gasteiger partial charge in [0, 0.05) is 11.0 Å². The van der Waals surface area contributed by atoms with Crippen LogP contribution in [-0.2, 0) is 10.0 Å². The van der Waals surface area contributed by atoms with E-state index in [-0.39, 0.29) is 16.5 Å². The minimum absolute atomic E-state index is 0.119. The normalized spacial score (nSPS) is 13.5. The molecule has 3 N–H and O–H groups in total. The lowest BCUT2D eigenvalue weighted by molar-refractivity contribution is 0.563. The summed E-state index contributed by atoms with van der Waals surface area (Å²) in [6.07, 6.45) is 2.00. The number of hydrogen-bond donors (Lipinski definition) is 2. The molecule has 0 aliphatic carbocycles. The summed E-state index contributed by atoms with van der Waals surface area (Å²) < 4.78 is 27.5. The van der Waals surface area contributed by atoms with Gasteiger partial charge in [0.2, 0.25) is 10.0 Å². The molecule has 0 amide bonds. The van der Waals surface area contributed by atoms with Crippen LogP contribution in [0.4, 0.5) is 5.69 Å². The van der Waals surface area contributed by atoms with Crippen LogP contribution in [0.1, 0.15) is 6.92 Å². The van der Waals surface area contributed by atoms with Gasteiger partial charge in [0.25, 0.3) is 0 Å². The summed E-state index contributed by atoms with van der Waals surface area (Å²) in [7, 11) is -3.54. The van der Waals surface area contributed by atoms with Gasteiger partial charge >= 0.3 is 0 Å². The van der Waals surface area contributed by atoms with Crippen molar-refractivity contribution in [3.05, 3.63) is 22.7 Å². The van der Waals surface area contributed by atoms with E-state index in [4.69, 9.17) is 5.73 Å². The lowest BCUT2D eigenvalue weighted by Crippen LogP contribution is -2.29. The summed E-state index contributed by atoms with van der Waals surface area (Å²) in [6, 6.07) is 4.80. The fraction of sp³-hybridized carbons (Fsp3) is 0.455. The van der Waals surface area contributed by atoms with Crippen LogP contribution in [0.25, 0.3) is 0 Å². The number of nitrogens with two attached hydrogens (primary N) is 1. The van der Waals surface area contributed by atoms with Gasteiger partial charge in [-0.1, -0.05) is 22.9 Å². The Hall–Kier alpha value is -0.240. The molecule has 0 bridgehead atoms. The van der Waals surface area contributed by atoms with Gasteiger partial charge in [-0.05, 0) is 36.1 Å². The van der Waals surface area contributed by atoms with Crippen molar-refractivity contribution in [2.45, 2.75) is 11.8 Å². The maximum Gasteiger partial charge on any atom is 0.242 e. The van der Waals surface area contributed by atoms with Crippen molar-refractivity contribution in [1.82, 2.24) is 4.72 Å². The highest BCUT2D eigenvalue weighted by Crippen LogP contribution is 2.22. The Balaban J connectivity index is 2.83. The summed E-state index contributed by atoms with van der Waals surface area (Å²) in [6.45, 7) is 2.42. The first-order valence-electron chi connectivity index (χ1n) is 5.40. The molecule has 4 nitrogen and oxygen atoms in total. The van der Waals surface area contributed by atoms with Crippen molar-refractivity contribution >= 4 is 43.4 Å². The Labute approximate surface area is 121 Å². The second-order valence-electron chi connectivity index (χ2n) is 4.09. The summed E-state index contributed by atoms with van der Waals surface area (Å²) in [5.41, 5.74) is 5.95. The zero-order valence-electron chi connectivity index (χ0n) is 10.3. The Kier molecular flexibility index (Phi) is 5.97. The number of sulfonamides is 1. The molecular formula is C11H17BrN2O2S2. The number of thioether (sulfide) groups is 1. The lowest BCUT2D eigenvalue weighted by atomic mass is 10.2. The lowest BCUT2D eigenvalue weighted by Gasteiger charge is -2.13. The standard InChI is InChI=1S/C11H17BrN2O2S2/c1-8(7-17-2)6-14-18(15,16)11-5-9(12)3-4-10(11)13/h3-5,8,14H,6-7,13H2,1-2H3. The van der Waals surface area contributed by atoms with Crippen LogP contribution in [0.5, 0.6) is 0 Å². The monoisotopic (exact) mass is 352 g/mol. The van der Waals surface area contributed by atoms with Crippen molar-refractivity contribution in [1.29, 1.82) is 0 Å². The zero-order valence-corrected chi connectivity index (χ0v) is 13.5. The molecule has 1 unspecified atom stereocenters. The van der Waals surface area contributed by atoms with Gasteiger partial charge in [-0.25, -0.2) is 13.1 Å². The quantitative estimate of drug-likeness (QED) is 0.770. The molecule has 0 fully saturated rings. The van der Waals surface area contributed by atoms with Crippen LogP contribution in [0.15, 0.2) is 27.6 Å². The van der Waals surface area contributed by atoms with Gasteiger partial charge in [-0.15, -0.1) is 0 Å². The number of rotatable bonds is 6. The molecule has 102 valence electrons. The van der Waals surface area contributed by atoms with Crippen LogP contribution in [0.3, 0.4) is 0 Å². The predicted molar refractivity (Wildman–Crippen MR) is 81.3 cm³/mol. The highest BCUT2D eigenvalue weighted by atomic mass is 79.9. The minimum Gasteiger partial charge on any atom is -0.398 e. The first kappa shape index (κ1) is 15.8. The number of benzene rings is 1. The summed E-state index contributed by atoms with van der Waals surface area (Å²) in [5.74, 6) is 1.19. The second kappa shape index (κ2) is 6.79. The van der Waals surface area contributed by atoms with Gasteiger partial charge in [0.05, 0.1) is 5.69 Å². The van der Waals surface area contributed by atoms with E-state index in [0.717, 1.165) is 5.75 Å². The summed E-state index contributed by atoms with van der Waals surface area (Å²) in [5, 5.41) is 0. The molecule has 1 rings (SSSR count). The van der Waals surface area contributed by atoms with Crippen molar-refractivity contribution in [3.63, 3.8) is 0 Å². The van der Waals surface area contributed by atoms with Gasteiger partial charge in [0.15, 0.2) is 0 Å². The van der Waals surface area contributed by atoms with Crippen molar-refractivity contribution in [2.75, 3.05) is 24.3 Å². The predicted octanol–water partition coefficient (Wildman–Crippen LogP) is 2.31. The van der Waals surface area contributed by atoms with E-state index in [2.05, 4.69) is 20.7 Å².